The Bertz CT molecular complexity index is 617. The predicted molar refractivity (Wildman–Crippen MR) is 95.6 cm³/mol. The van der Waals surface area contributed by atoms with Gasteiger partial charge in [-0.15, -0.1) is 0 Å². The van der Waals surface area contributed by atoms with Crippen molar-refractivity contribution in [2.75, 3.05) is 47.1 Å². The second-order valence-corrected chi connectivity index (χ2v) is 6.16. The number of ether oxygens (including phenoxy) is 3. The van der Waals surface area contributed by atoms with Crippen molar-refractivity contribution in [3.63, 3.8) is 0 Å². The maximum Gasteiger partial charge on any atom is 0.387 e. The SMILES string of the molecule is CN=C(NCc1c(F)cccc1OC(F)F)N1CCC(COCCOC)C1. The fourth-order valence-corrected chi connectivity index (χ4v) is 2.97. The highest BCUT2D eigenvalue weighted by molar-refractivity contribution is 5.80. The van der Waals surface area contributed by atoms with Gasteiger partial charge < -0.3 is 24.4 Å². The van der Waals surface area contributed by atoms with Crippen molar-refractivity contribution in [2.45, 2.75) is 19.6 Å². The van der Waals surface area contributed by atoms with Crippen LogP contribution in [0.1, 0.15) is 12.0 Å². The number of nitrogens with one attached hydrogen (secondary N) is 1. The summed E-state index contributed by atoms with van der Waals surface area (Å²) in [6.45, 7) is 0.275. The summed E-state index contributed by atoms with van der Waals surface area (Å²) in [7, 11) is 3.26. The van der Waals surface area contributed by atoms with E-state index in [-0.39, 0.29) is 17.9 Å². The summed E-state index contributed by atoms with van der Waals surface area (Å²) in [4.78, 5) is 6.25. The molecular formula is C18H26F3N3O3. The van der Waals surface area contributed by atoms with Gasteiger partial charge in [0.25, 0.3) is 0 Å². The zero-order valence-corrected chi connectivity index (χ0v) is 15.6. The molecule has 6 nitrogen and oxygen atoms in total. The maximum atomic E-state index is 14.1. The highest BCUT2D eigenvalue weighted by Crippen LogP contribution is 2.23. The van der Waals surface area contributed by atoms with Gasteiger partial charge in [-0.05, 0) is 18.6 Å². The van der Waals surface area contributed by atoms with E-state index in [4.69, 9.17) is 9.47 Å². The van der Waals surface area contributed by atoms with Crippen molar-refractivity contribution >= 4 is 5.96 Å². The molecule has 1 aromatic rings. The van der Waals surface area contributed by atoms with Crippen LogP contribution in [-0.2, 0) is 16.0 Å². The van der Waals surface area contributed by atoms with E-state index in [0.717, 1.165) is 19.5 Å². The zero-order chi connectivity index (χ0) is 19.6. The summed E-state index contributed by atoms with van der Waals surface area (Å²) in [6.07, 6.45) is 0.952. The van der Waals surface area contributed by atoms with E-state index in [1.807, 2.05) is 4.90 Å². The Hall–Kier alpha value is -2.00. The summed E-state index contributed by atoms with van der Waals surface area (Å²) in [6, 6.07) is 3.86. The smallest absolute Gasteiger partial charge is 0.387 e. The second-order valence-electron chi connectivity index (χ2n) is 6.16. The van der Waals surface area contributed by atoms with E-state index in [1.165, 1.54) is 18.2 Å². The number of halogens is 3. The average Bonchev–Trinajstić information content (AvgIpc) is 3.09. The van der Waals surface area contributed by atoms with Crippen molar-refractivity contribution in [3.05, 3.63) is 29.6 Å². The first-order valence-electron chi connectivity index (χ1n) is 8.79. The standard InChI is InChI=1S/C18H26F3N3O3/c1-22-18(24-7-6-13(11-24)12-26-9-8-25-2)23-10-14-15(19)4-3-5-16(14)27-17(20)21/h3-5,13,17H,6-12H2,1-2H3,(H,22,23). The summed E-state index contributed by atoms with van der Waals surface area (Å²) in [5, 5.41) is 3.03. The van der Waals surface area contributed by atoms with Crippen molar-refractivity contribution in [3.8, 4) is 5.75 Å². The van der Waals surface area contributed by atoms with E-state index in [0.29, 0.717) is 31.7 Å². The fourth-order valence-electron chi connectivity index (χ4n) is 2.97. The number of alkyl halides is 2. The first-order valence-corrected chi connectivity index (χ1v) is 8.79. The van der Waals surface area contributed by atoms with Crippen molar-refractivity contribution in [2.24, 2.45) is 10.9 Å². The average molecular weight is 389 g/mol. The highest BCUT2D eigenvalue weighted by Gasteiger charge is 2.25. The minimum absolute atomic E-state index is 0.00704. The van der Waals surface area contributed by atoms with Gasteiger partial charge >= 0.3 is 6.61 Å². The van der Waals surface area contributed by atoms with Crippen LogP contribution < -0.4 is 10.1 Å². The van der Waals surface area contributed by atoms with Crippen LogP contribution >= 0.6 is 0 Å². The first kappa shape index (κ1) is 21.3. The molecule has 1 heterocycles. The van der Waals surface area contributed by atoms with Gasteiger partial charge in [-0.2, -0.15) is 8.78 Å². The van der Waals surface area contributed by atoms with Crippen LogP contribution in [0.5, 0.6) is 5.75 Å². The van der Waals surface area contributed by atoms with Gasteiger partial charge in [0.15, 0.2) is 5.96 Å². The van der Waals surface area contributed by atoms with Crippen LogP contribution in [0.15, 0.2) is 23.2 Å². The molecule has 1 N–H and O–H groups in total. The Balaban J connectivity index is 1.90. The number of aliphatic imine (C=N–C) groups is 1. The van der Waals surface area contributed by atoms with E-state index in [2.05, 4.69) is 15.0 Å². The molecule has 0 saturated carbocycles. The van der Waals surface area contributed by atoms with E-state index in [1.54, 1.807) is 14.2 Å². The highest BCUT2D eigenvalue weighted by atomic mass is 19.3. The fraction of sp³-hybridized carbons (Fsp3) is 0.611. The Morgan fingerprint density at radius 2 is 2.19 bits per heavy atom. The maximum absolute atomic E-state index is 14.1. The molecule has 1 fully saturated rings. The Morgan fingerprint density at radius 1 is 1.37 bits per heavy atom. The number of methoxy groups -OCH3 is 1. The second kappa shape index (κ2) is 11.0. The molecule has 0 bridgehead atoms. The predicted octanol–water partition coefficient (Wildman–Crippen LogP) is 2.49. The number of hydrogen-bond acceptors (Lipinski definition) is 4. The van der Waals surface area contributed by atoms with Crippen LogP contribution in [0.4, 0.5) is 13.2 Å². The third-order valence-corrected chi connectivity index (χ3v) is 4.30. The minimum Gasteiger partial charge on any atom is -0.434 e. The summed E-state index contributed by atoms with van der Waals surface area (Å²) >= 11 is 0. The van der Waals surface area contributed by atoms with Gasteiger partial charge in [0.2, 0.25) is 0 Å². The first-order chi connectivity index (χ1) is 13.0. The van der Waals surface area contributed by atoms with Gasteiger partial charge in [-0.1, -0.05) is 6.07 Å². The van der Waals surface area contributed by atoms with Crippen molar-refractivity contribution in [1.29, 1.82) is 0 Å². The number of hydrogen-bond donors (Lipinski definition) is 1. The van der Waals surface area contributed by atoms with E-state index in [9.17, 15) is 13.2 Å². The van der Waals surface area contributed by atoms with E-state index < -0.39 is 12.4 Å². The molecule has 1 aliphatic heterocycles. The van der Waals surface area contributed by atoms with Crippen LogP contribution in [0, 0.1) is 11.7 Å². The molecule has 1 saturated heterocycles. The molecule has 1 aliphatic rings. The molecule has 9 heteroatoms. The largest absolute Gasteiger partial charge is 0.434 e. The van der Waals surface area contributed by atoms with Gasteiger partial charge in [0, 0.05) is 45.3 Å². The Labute approximate surface area is 157 Å². The Kier molecular flexibility index (Phi) is 8.66. The van der Waals surface area contributed by atoms with Crippen LogP contribution in [0.2, 0.25) is 0 Å². The number of benzene rings is 1. The molecule has 1 unspecified atom stereocenters. The topological polar surface area (TPSA) is 55.3 Å². The lowest BCUT2D eigenvalue weighted by Crippen LogP contribution is -2.40. The van der Waals surface area contributed by atoms with Gasteiger partial charge in [-0.3, -0.25) is 4.99 Å². The molecule has 0 spiro atoms. The summed E-state index contributed by atoms with van der Waals surface area (Å²) < 4.78 is 54.0. The molecule has 27 heavy (non-hydrogen) atoms. The van der Waals surface area contributed by atoms with Crippen molar-refractivity contribution in [1.82, 2.24) is 10.2 Å². The Morgan fingerprint density at radius 3 is 2.89 bits per heavy atom. The third kappa shape index (κ3) is 6.59. The van der Waals surface area contributed by atoms with Crippen molar-refractivity contribution < 1.29 is 27.4 Å². The summed E-state index contributed by atoms with van der Waals surface area (Å²) in [5.41, 5.74) is 0.0394. The number of rotatable bonds is 9. The molecule has 1 atom stereocenters. The zero-order valence-electron chi connectivity index (χ0n) is 15.6. The molecule has 1 aromatic carbocycles. The van der Waals surface area contributed by atoms with E-state index >= 15 is 0 Å². The minimum atomic E-state index is -3.01. The number of nitrogens with zero attached hydrogens (tertiary/aromatic N) is 2. The van der Waals surface area contributed by atoms with Gasteiger partial charge in [0.05, 0.1) is 19.8 Å². The molecular weight excluding hydrogens is 363 g/mol. The van der Waals surface area contributed by atoms with Crippen LogP contribution in [0.3, 0.4) is 0 Å². The number of guanidine groups is 1. The van der Waals surface area contributed by atoms with Gasteiger partial charge in [-0.25, -0.2) is 4.39 Å². The van der Waals surface area contributed by atoms with Crippen LogP contribution in [-0.4, -0.2) is 64.5 Å². The van der Waals surface area contributed by atoms with Gasteiger partial charge in [0.1, 0.15) is 11.6 Å². The molecule has 0 amide bonds. The number of likely N-dealkylation sites (tertiary alicyclic amines) is 1. The monoisotopic (exact) mass is 389 g/mol. The molecule has 0 aromatic heterocycles. The molecule has 152 valence electrons. The van der Waals surface area contributed by atoms with Crippen LogP contribution in [0.25, 0.3) is 0 Å². The molecule has 0 aliphatic carbocycles. The lowest BCUT2D eigenvalue weighted by Gasteiger charge is -2.22. The quantitative estimate of drug-likeness (QED) is 0.400. The normalized spacial score (nSPS) is 17.6. The molecule has 2 rings (SSSR count). The molecule has 0 radical (unpaired) electrons. The lowest BCUT2D eigenvalue weighted by atomic mass is 10.1. The summed E-state index contributed by atoms with van der Waals surface area (Å²) in [5.74, 6) is 0.160. The lowest BCUT2D eigenvalue weighted by molar-refractivity contribution is -0.0506. The third-order valence-electron chi connectivity index (χ3n) is 4.30.